The number of aliphatic carboxylic acids is 1. The molecule has 0 radical (unpaired) electrons. The molecule has 0 aliphatic rings. The number of aliphatic imine (C=N–C) groups is 1. The zero-order valence-corrected chi connectivity index (χ0v) is 22.5. The van der Waals surface area contributed by atoms with Crippen LogP contribution in [0.3, 0.4) is 0 Å². The molecule has 0 spiro atoms. The number of imidazole rings is 1. The number of phenolic OH excluding ortho intramolecular Hbond substituents is 1. The lowest BCUT2D eigenvalue weighted by Gasteiger charge is -2.25. The maximum atomic E-state index is 13.3. The van der Waals surface area contributed by atoms with Crippen molar-refractivity contribution >= 4 is 42.3 Å². The van der Waals surface area contributed by atoms with Crippen molar-refractivity contribution in [2.75, 3.05) is 12.3 Å². The average Bonchev–Trinajstić information content (AvgIpc) is 3.43. The maximum absolute atomic E-state index is 13.3. The van der Waals surface area contributed by atoms with Crippen LogP contribution < -0.4 is 33.2 Å². The second-order valence-electron chi connectivity index (χ2n) is 8.91. The van der Waals surface area contributed by atoms with E-state index in [9.17, 15) is 29.4 Å². The van der Waals surface area contributed by atoms with E-state index in [2.05, 4.69) is 43.5 Å². The monoisotopic (exact) mass is 577 g/mol. The van der Waals surface area contributed by atoms with Gasteiger partial charge in [-0.1, -0.05) is 12.1 Å². The number of rotatable bonds is 16. The highest BCUT2D eigenvalue weighted by molar-refractivity contribution is 7.80. The maximum Gasteiger partial charge on any atom is 0.326 e. The number of amides is 3. The van der Waals surface area contributed by atoms with Crippen molar-refractivity contribution in [3.8, 4) is 5.75 Å². The first kappa shape index (κ1) is 31.9. The Morgan fingerprint density at radius 2 is 1.60 bits per heavy atom. The summed E-state index contributed by atoms with van der Waals surface area (Å²) >= 11 is 4.00. The van der Waals surface area contributed by atoms with Crippen LogP contribution in [0.5, 0.6) is 5.75 Å². The molecule has 15 nitrogen and oxygen atoms in total. The number of phenols is 1. The van der Waals surface area contributed by atoms with Gasteiger partial charge in [-0.15, -0.1) is 0 Å². The van der Waals surface area contributed by atoms with Crippen molar-refractivity contribution in [2.45, 2.75) is 49.9 Å². The number of nitrogens with zero attached hydrogens (tertiary/aromatic N) is 2. The SMILES string of the molecule is NC(N)=NCCCC(NC(=O)C(N)CS)C(=O)NC(Cc1cnc[nH]1)C(=O)NC(Cc1ccc(O)cc1)C(=O)O. The number of benzene rings is 1. The minimum atomic E-state index is -1.33. The Kier molecular flexibility index (Phi) is 12.7. The lowest BCUT2D eigenvalue weighted by molar-refractivity contribution is -0.142. The molecule has 40 heavy (non-hydrogen) atoms. The fraction of sp³-hybridized carbons (Fsp3) is 0.417. The molecule has 2 aromatic rings. The molecule has 16 heteroatoms. The van der Waals surface area contributed by atoms with Gasteiger partial charge in [0.15, 0.2) is 5.96 Å². The van der Waals surface area contributed by atoms with Gasteiger partial charge in [-0.25, -0.2) is 9.78 Å². The normalized spacial score (nSPS) is 13.8. The molecule has 1 aromatic heterocycles. The lowest BCUT2D eigenvalue weighted by Crippen LogP contribution is -2.58. The first-order valence-corrected chi connectivity index (χ1v) is 12.9. The van der Waals surface area contributed by atoms with Crippen LogP contribution in [-0.4, -0.2) is 86.3 Å². The van der Waals surface area contributed by atoms with Crippen molar-refractivity contribution in [2.24, 2.45) is 22.2 Å². The first-order valence-electron chi connectivity index (χ1n) is 12.3. The second-order valence-corrected chi connectivity index (χ2v) is 9.28. The summed E-state index contributed by atoms with van der Waals surface area (Å²) in [5.41, 5.74) is 17.5. The number of carbonyl (C=O) groups is 4. The van der Waals surface area contributed by atoms with Crippen molar-refractivity contribution in [1.29, 1.82) is 0 Å². The third-order valence-corrected chi connectivity index (χ3v) is 6.11. The largest absolute Gasteiger partial charge is 0.508 e. The van der Waals surface area contributed by atoms with Gasteiger partial charge in [0.1, 0.15) is 23.9 Å². The van der Waals surface area contributed by atoms with Crippen LogP contribution in [-0.2, 0) is 32.0 Å². The number of nitrogens with two attached hydrogens (primary N) is 3. The molecule has 0 aliphatic heterocycles. The number of nitrogens with one attached hydrogen (secondary N) is 4. The summed E-state index contributed by atoms with van der Waals surface area (Å²) in [6.07, 6.45) is 3.16. The van der Waals surface area contributed by atoms with E-state index in [4.69, 9.17) is 17.2 Å². The zero-order chi connectivity index (χ0) is 29.7. The lowest BCUT2D eigenvalue weighted by atomic mass is 10.0. The van der Waals surface area contributed by atoms with Gasteiger partial charge in [0, 0.05) is 37.0 Å². The van der Waals surface area contributed by atoms with Gasteiger partial charge < -0.3 is 48.3 Å². The van der Waals surface area contributed by atoms with Crippen LogP contribution in [0, 0.1) is 0 Å². The van der Waals surface area contributed by atoms with Crippen LogP contribution in [0.15, 0.2) is 41.8 Å². The number of H-pyrrole nitrogens is 1. The van der Waals surface area contributed by atoms with E-state index in [1.807, 2.05) is 0 Å². The van der Waals surface area contributed by atoms with Gasteiger partial charge >= 0.3 is 5.97 Å². The number of hydrogen-bond acceptors (Lipinski definition) is 9. The van der Waals surface area contributed by atoms with Crippen molar-refractivity contribution in [3.05, 3.63) is 48.0 Å². The van der Waals surface area contributed by atoms with Gasteiger partial charge in [0.2, 0.25) is 17.7 Å². The Morgan fingerprint density at radius 3 is 2.17 bits per heavy atom. The van der Waals surface area contributed by atoms with Gasteiger partial charge in [0.05, 0.1) is 12.4 Å². The number of carbonyl (C=O) groups excluding carboxylic acids is 3. The van der Waals surface area contributed by atoms with Crippen LogP contribution >= 0.6 is 12.6 Å². The van der Waals surface area contributed by atoms with Crippen LogP contribution in [0.25, 0.3) is 0 Å². The summed E-state index contributed by atoms with van der Waals surface area (Å²) in [5.74, 6) is -3.46. The topological polar surface area (TPSA) is 264 Å². The summed E-state index contributed by atoms with van der Waals surface area (Å²) < 4.78 is 0. The van der Waals surface area contributed by atoms with Gasteiger partial charge in [-0.2, -0.15) is 12.6 Å². The summed E-state index contributed by atoms with van der Waals surface area (Å²) in [4.78, 5) is 61.5. The van der Waals surface area contributed by atoms with Crippen LogP contribution in [0.2, 0.25) is 0 Å². The third kappa shape index (κ3) is 10.8. The standard InChI is InChI=1S/C24H35N9O6S/c25-16(11-40)20(35)31-17(2-1-7-29-24(26)27)21(36)32-18(9-14-10-28-12-30-14)22(37)33-19(23(38)39)8-13-3-5-15(34)6-4-13/h3-6,10,12,16-19,34,40H,1-2,7-9,11,25H2,(H,28,30)(H,31,35)(H,32,36)(H,33,37)(H,38,39)(H4,26,27,29). The van der Waals surface area contributed by atoms with Crippen LogP contribution in [0.1, 0.15) is 24.1 Å². The molecule has 0 saturated heterocycles. The predicted molar refractivity (Wildman–Crippen MR) is 149 cm³/mol. The van der Waals surface area contributed by atoms with E-state index >= 15 is 0 Å². The Morgan fingerprint density at radius 1 is 0.975 bits per heavy atom. The van der Waals surface area contributed by atoms with Gasteiger partial charge in [0.25, 0.3) is 0 Å². The van der Waals surface area contributed by atoms with Crippen molar-refractivity contribution in [3.63, 3.8) is 0 Å². The minimum Gasteiger partial charge on any atom is -0.508 e. The average molecular weight is 578 g/mol. The summed E-state index contributed by atoms with van der Waals surface area (Å²) in [5, 5.41) is 26.8. The molecule has 0 aliphatic carbocycles. The predicted octanol–water partition coefficient (Wildman–Crippen LogP) is -2.25. The first-order chi connectivity index (χ1) is 19.0. The molecular weight excluding hydrogens is 542 g/mol. The molecule has 0 saturated carbocycles. The number of hydrogen-bond donors (Lipinski definition) is 10. The Hall–Kier alpha value is -4.31. The van der Waals surface area contributed by atoms with Gasteiger partial charge in [-0.05, 0) is 30.5 Å². The smallest absolute Gasteiger partial charge is 0.326 e. The fourth-order valence-electron chi connectivity index (χ4n) is 3.57. The highest BCUT2D eigenvalue weighted by Gasteiger charge is 2.30. The van der Waals surface area contributed by atoms with E-state index in [-0.39, 0.29) is 43.3 Å². The molecule has 12 N–H and O–H groups in total. The highest BCUT2D eigenvalue weighted by atomic mass is 32.1. The molecule has 4 unspecified atom stereocenters. The van der Waals surface area contributed by atoms with Crippen molar-refractivity contribution in [1.82, 2.24) is 25.9 Å². The number of thiol groups is 1. The summed E-state index contributed by atoms with van der Waals surface area (Å²) in [6.45, 7) is 0.191. The number of carboxylic acid groups (broad SMARTS) is 1. The van der Waals surface area contributed by atoms with Crippen molar-refractivity contribution < 1.29 is 29.4 Å². The highest BCUT2D eigenvalue weighted by Crippen LogP contribution is 2.12. The number of aromatic hydroxyl groups is 1. The third-order valence-electron chi connectivity index (χ3n) is 5.71. The Balaban J connectivity index is 2.21. The van der Waals surface area contributed by atoms with E-state index < -0.39 is 47.9 Å². The van der Waals surface area contributed by atoms with E-state index in [0.717, 1.165) is 0 Å². The van der Waals surface area contributed by atoms with E-state index in [1.165, 1.54) is 36.8 Å². The molecule has 2 rings (SSSR count). The molecule has 218 valence electrons. The zero-order valence-electron chi connectivity index (χ0n) is 21.6. The molecule has 3 amide bonds. The molecule has 1 heterocycles. The van der Waals surface area contributed by atoms with Crippen LogP contribution in [0.4, 0.5) is 0 Å². The second kappa shape index (κ2) is 15.9. The van der Waals surface area contributed by atoms with E-state index in [1.54, 1.807) is 0 Å². The number of aromatic amines is 1. The molecular formula is C24H35N9O6S. The number of aromatic nitrogens is 2. The summed E-state index contributed by atoms with van der Waals surface area (Å²) in [7, 11) is 0. The molecule has 0 bridgehead atoms. The van der Waals surface area contributed by atoms with E-state index in [0.29, 0.717) is 17.7 Å². The minimum absolute atomic E-state index is 0.0114. The summed E-state index contributed by atoms with van der Waals surface area (Å²) in [6, 6.07) is 1.23. The Labute approximate surface area is 235 Å². The molecule has 0 fully saturated rings. The number of guanidine groups is 1. The fourth-order valence-corrected chi connectivity index (χ4v) is 3.74. The Bertz CT molecular complexity index is 1160. The van der Waals surface area contributed by atoms with Gasteiger partial charge in [-0.3, -0.25) is 19.4 Å². The molecule has 4 atom stereocenters. The number of carboxylic acids is 1. The quantitative estimate of drug-likeness (QED) is 0.0443. The molecule has 1 aromatic carbocycles.